The van der Waals surface area contributed by atoms with Crippen LogP contribution in [0.1, 0.15) is 50.6 Å². The summed E-state index contributed by atoms with van der Waals surface area (Å²) < 4.78 is 5.71. The van der Waals surface area contributed by atoms with Crippen molar-refractivity contribution in [2.45, 2.75) is 51.1 Å². The first-order valence-corrected chi connectivity index (χ1v) is 9.39. The summed E-state index contributed by atoms with van der Waals surface area (Å²) in [7, 11) is 3.39. The lowest BCUT2D eigenvalue weighted by molar-refractivity contribution is -0.130. The molecule has 1 aliphatic carbocycles. The van der Waals surface area contributed by atoms with Crippen molar-refractivity contribution in [1.29, 1.82) is 0 Å². The molecule has 0 heterocycles. The number of hydrogen-bond acceptors (Lipinski definition) is 4. The molecule has 0 bridgehead atoms. The highest BCUT2D eigenvalue weighted by molar-refractivity contribution is 5.85. The van der Waals surface area contributed by atoms with E-state index in [4.69, 9.17) is 10.5 Å². The van der Waals surface area contributed by atoms with Crippen LogP contribution < -0.4 is 15.8 Å². The lowest BCUT2D eigenvalue weighted by atomic mass is 9.98. The first kappa shape index (κ1) is 23.2. The number of halogens is 1. The van der Waals surface area contributed by atoms with Crippen LogP contribution >= 0.6 is 12.4 Å². The van der Waals surface area contributed by atoms with E-state index in [1.165, 1.54) is 4.90 Å². The predicted octanol–water partition coefficient (Wildman–Crippen LogP) is 2.66. The Morgan fingerprint density at radius 3 is 2.59 bits per heavy atom. The molecule has 1 unspecified atom stereocenters. The van der Waals surface area contributed by atoms with E-state index in [-0.39, 0.29) is 48.8 Å². The Morgan fingerprint density at radius 1 is 1.30 bits per heavy atom. The Labute approximate surface area is 168 Å². The fourth-order valence-corrected chi connectivity index (χ4v) is 3.38. The van der Waals surface area contributed by atoms with Gasteiger partial charge in [-0.1, -0.05) is 31.5 Å². The number of rotatable bonds is 8. The van der Waals surface area contributed by atoms with Crippen molar-refractivity contribution in [3.8, 4) is 5.75 Å². The van der Waals surface area contributed by atoms with E-state index in [0.717, 1.165) is 31.2 Å². The minimum absolute atomic E-state index is 0. The maximum absolute atomic E-state index is 12.5. The Kier molecular flexibility index (Phi) is 9.60. The van der Waals surface area contributed by atoms with Gasteiger partial charge in [0, 0.05) is 32.1 Å². The van der Waals surface area contributed by atoms with Crippen LogP contribution in [0.5, 0.6) is 5.75 Å². The molecule has 1 aromatic carbocycles. The van der Waals surface area contributed by atoms with Crippen molar-refractivity contribution >= 4 is 24.2 Å². The average Bonchev–Trinajstić information content (AvgIpc) is 3.02. The number of benzene rings is 1. The first-order valence-electron chi connectivity index (χ1n) is 9.39. The second-order valence-electron chi connectivity index (χ2n) is 7.20. The minimum atomic E-state index is -0.147. The zero-order valence-corrected chi connectivity index (χ0v) is 17.3. The summed E-state index contributed by atoms with van der Waals surface area (Å²) in [5, 5.41) is 3.11. The molecule has 2 rings (SSSR count). The zero-order valence-electron chi connectivity index (χ0n) is 16.4. The van der Waals surface area contributed by atoms with Gasteiger partial charge in [0.2, 0.25) is 5.91 Å². The molecule has 1 aliphatic rings. The van der Waals surface area contributed by atoms with Gasteiger partial charge in [0.1, 0.15) is 5.75 Å². The SMILES string of the molecule is CCC(NC(=O)C[C@@H]1CCC[C@H]1N)c1ccccc1OCC(=O)N(C)C.Cl. The third-order valence-corrected chi connectivity index (χ3v) is 5.05. The van der Waals surface area contributed by atoms with Gasteiger partial charge in [0.25, 0.3) is 5.91 Å². The normalized spacial score (nSPS) is 19.7. The molecular weight excluding hydrogens is 366 g/mol. The number of carbonyl (C=O) groups is 2. The quantitative estimate of drug-likeness (QED) is 0.706. The number of amides is 2. The van der Waals surface area contributed by atoms with Gasteiger partial charge in [-0.05, 0) is 31.2 Å². The number of para-hydroxylation sites is 1. The summed E-state index contributed by atoms with van der Waals surface area (Å²) in [6, 6.07) is 7.53. The Balaban J connectivity index is 0.00000364. The summed E-state index contributed by atoms with van der Waals surface area (Å²) >= 11 is 0. The van der Waals surface area contributed by atoms with Crippen LogP contribution in [-0.2, 0) is 9.59 Å². The van der Waals surface area contributed by atoms with Crippen LogP contribution in [-0.4, -0.2) is 43.5 Å². The van der Waals surface area contributed by atoms with E-state index >= 15 is 0 Å². The fourth-order valence-electron chi connectivity index (χ4n) is 3.38. The van der Waals surface area contributed by atoms with Gasteiger partial charge in [-0.3, -0.25) is 9.59 Å². The van der Waals surface area contributed by atoms with Gasteiger partial charge < -0.3 is 20.7 Å². The second kappa shape index (κ2) is 11.1. The molecule has 2 amide bonds. The van der Waals surface area contributed by atoms with E-state index in [0.29, 0.717) is 12.2 Å². The number of likely N-dealkylation sites (N-methyl/N-ethyl adjacent to an activating group) is 1. The molecule has 0 radical (unpaired) electrons. The molecule has 152 valence electrons. The number of carbonyl (C=O) groups excluding carboxylic acids is 2. The van der Waals surface area contributed by atoms with Crippen molar-refractivity contribution in [3.05, 3.63) is 29.8 Å². The zero-order chi connectivity index (χ0) is 19.1. The highest BCUT2D eigenvalue weighted by atomic mass is 35.5. The number of nitrogens with one attached hydrogen (secondary N) is 1. The monoisotopic (exact) mass is 397 g/mol. The van der Waals surface area contributed by atoms with Crippen LogP contribution in [0.15, 0.2) is 24.3 Å². The van der Waals surface area contributed by atoms with Crippen LogP contribution in [0, 0.1) is 5.92 Å². The third kappa shape index (κ3) is 6.70. The number of nitrogens with zero attached hydrogens (tertiary/aromatic N) is 1. The highest BCUT2D eigenvalue weighted by Crippen LogP contribution is 2.29. The Bertz CT molecular complexity index is 624. The van der Waals surface area contributed by atoms with Gasteiger partial charge in [-0.2, -0.15) is 0 Å². The van der Waals surface area contributed by atoms with Crippen LogP contribution in [0.4, 0.5) is 0 Å². The minimum Gasteiger partial charge on any atom is -0.483 e. The van der Waals surface area contributed by atoms with Crippen molar-refractivity contribution < 1.29 is 14.3 Å². The molecule has 0 spiro atoms. The van der Waals surface area contributed by atoms with Gasteiger partial charge in [-0.15, -0.1) is 12.4 Å². The first-order chi connectivity index (χ1) is 12.4. The van der Waals surface area contributed by atoms with Crippen molar-refractivity contribution in [3.63, 3.8) is 0 Å². The van der Waals surface area contributed by atoms with E-state index in [1.807, 2.05) is 31.2 Å². The van der Waals surface area contributed by atoms with E-state index in [1.54, 1.807) is 14.1 Å². The van der Waals surface area contributed by atoms with Crippen molar-refractivity contribution in [1.82, 2.24) is 10.2 Å². The average molecular weight is 398 g/mol. The maximum atomic E-state index is 12.5. The molecular formula is C20H32ClN3O3. The van der Waals surface area contributed by atoms with E-state index in [2.05, 4.69) is 5.32 Å². The molecule has 0 aromatic heterocycles. The van der Waals surface area contributed by atoms with Crippen molar-refractivity contribution in [2.24, 2.45) is 11.7 Å². The molecule has 3 N–H and O–H groups in total. The standard InChI is InChI=1S/C20H31N3O3.ClH/c1-4-17(22-19(24)12-14-8-7-10-16(14)21)15-9-5-6-11-18(15)26-13-20(25)23(2)3;/h5-6,9,11,14,16-17H,4,7-8,10,12-13,21H2,1-3H3,(H,22,24);1H/t14-,16+,17?;/m0./s1. The number of ether oxygens (including phenoxy) is 1. The molecule has 1 fully saturated rings. The van der Waals surface area contributed by atoms with Gasteiger partial charge in [0.05, 0.1) is 6.04 Å². The van der Waals surface area contributed by atoms with Crippen molar-refractivity contribution in [2.75, 3.05) is 20.7 Å². The van der Waals surface area contributed by atoms with Gasteiger partial charge in [-0.25, -0.2) is 0 Å². The Morgan fingerprint density at radius 2 is 2.00 bits per heavy atom. The topological polar surface area (TPSA) is 84.7 Å². The van der Waals surface area contributed by atoms with Gasteiger partial charge >= 0.3 is 0 Å². The Hall–Kier alpha value is -1.79. The smallest absolute Gasteiger partial charge is 0.259 e. The molecule has 1 aromatic rings. The lowest BCUT2D eigenvalue weighted by Crippen LogP contribution is -2.34. The molecule has 27 heavy (non-hydrogen) atoms. The van der Waals surface area contributed by atoms with Crippen LogP contribution in [0.25, 0.3) is 0 Å². The number of hydrogen-bond donors (Lipinski definition) is 2. The summed E-state index contributed by atoms with van der Waals surface area (Å²) in [4.78, 5) is 25.8. The maximum Gasteiger partial charge on any atom is 0.259 e. The predicted molar refractivity (Wildman–Crippen MR) is 109 cm³/mol. The van der Waals surface area contributed by atoms with Crippen LogP contribution in [0.3, 0.4) is 0 Å². The molecule has 7 heteroatoms. The molecule has 0 saturated heterocycles. The van der Waals surface area contributed by atoms with Gasteiger partial charge in [0.15, 0.2) is 6.61 Å². The third-order valence-electron chi connectivity index (χ3n) is 5.05. The molecule has 1 saturated carbocycles. The molecule has 6 nitrogen and oxygen atoms in total. The summed E-state index contributed by atoms with van der Waals surface area (Å²) in [5.74, 6) is 0.828. The lowest BCUT2D eigenvalue weighted by Gasteiger charge is -2.22. The highest BCUT2D eigenvalue weighted by Gasteiger charge is 2.27. The summed E-state index contributed by atoms with van der Waals surface area (Å²) in [6.07, 6.45) is 4.35. The molecule has 0 aliphatic heterocycles. The summed E-state index contributed by atoms with van der Waals surface area (Å²) in [5.41, 5.74) is 6.98. The largest absolute Gasteiger partial charge is 0.483 e. The number of nitrogens with two attached hydrogens (primary N) is 1. The van der Waals surface area contributed by atoms with Crippen LogP contribution in [0.2, 0.25) is 0 Å². The summed E-state index contributed by atoms with van der Waals surface area (Å²) in [6.45, 7) is 2.00. The molecule has 3 atom stereocenters. The van der Waals surface area contributed by atoms with E-state index < -0.39 is 0 Å². The fraction of sp³-hybridized carbons (Fsp3) is 0.600. The van der Waals surface area contributed by atoms with E-state index in [9.17, 15) is 9.59 Å². The second-order valence-corrected chi connectivity index (χ2v) is 7.20.